The van der Waals surface area contributed by atoms with Crippen LogP contribution in [0.1, 0.15) is 62.7 Å². The van der Waals surface area contributed by atoms with Crippen LogP contribution >= 0.6 is 0 Å². The van der Waals surface area contributed by atoms with Gasteiger partial charge in [-0.25, -0.2) is 4.79 Å². The molecule has 0 radical (unpaired) electrons. The van der Waals surface area contributed by atoms with Gasteiger partial charge < -0.3 is 29.4 Å². The molecule has 1 aliphatic heterocycles. The third kappa shape index (κ3) is 7.51. The first kappa shape index (κ1) is 33.6. The summed E-state index contributed by atoms with van der Waals surface area (Å²) < 4.78 is 18.0. The predicted molar refractivity (Wildman–Crippen MR) is 193 cm³/mol. The van der Waals surface area contributed by atoms with E-state index in [-0.39, 0.29) is 30.5 Å². The number of benzene rings is 4. The summed E-state index contributed by atoms with van der Waals surface area (Å²) >= 11 is 0. The van der Waals surface area contributed by atoms with Crippen molar-refractivity contribution in [2.45, 2.75) is 51.9 Å². The summed E-state index contributed by atoms with van der Waals surface area (Å²) in [6.45, 7) is 7.32. The van der Waals surface area contributed by atoms with Crippen molar-refractivity contribution >= 4 is 23.0 Å². The zero-order chi connectivity index (χ0) is 35.5. The first-order chi connectivity index (χ1) is 24.7. The Labute approximate surface area is 296 Å². The van der Waals surface area contributed by atoms with Crippen molar-refractivity contribution in [2.75, 3.05) is 13.1 Å². The van der Waals surface area contributed by atoms with Gasteiger partial charge in [0, 0.05) is 24.0 Å². The standard InChI is InChI=1S/C41H40N4O6/c1-25-18-33(49-24-28-10-6-4-7-11-28)15-16-34(25)39(30-12-8-5-9-13-30)43-37(46)20-29-14-17-35-31(19-29)21-36(50-35)40(38-26(2)44-51-27(38)3)45-22-32(23-45)42-41(47)48/h4-19,21,32,39-40,42H,20,22-24H2,1-3H3,(H,43,46)(H,47,48). The number of hydrogen-bond acceptors (Lipinski definition) is 7. The molecule has 0 spiro atoms. The number of rotatable bonds is 12. The average Bonchev–Trinajstić information content (AvgIpc) is 3.68. The van der Waals surface area contributed by atoms with Crippen molar-refractivity contribution in [1.82, 2.24) is 20.7 Å². The van der Waals surface area contributed by atoms with Crippen LogP contribution in [0.15, 0.2) is 112 Å². The van der Waals surface area contributed by atoms with E-state index >= 15 is 0 Å². The Morgan fingerprint density at radius 1 is 0.922 bits per heavy atom. The molecular weight excluding hydrogens is 644 g/mol. The van der Waals surface area contributed by atoms with Crippen LogP contribution in [-0.4, -0.2) is 46.3 Å². The van der Waals surface area contributed by atoms with Gasteiger partial charge in [-0.15, -0.1) is 0 Å². The van der Waals surface area contributed by atoms with Crippen LogP contribution in [0.5, 0.6) is 5.75 Å². The quantitative estimate of drug-likeness (QED) is 0.122. The van der Waals surface area contributed by atoms with Gasteiger partial charge in [-0.05, 0) is 78.9 Å². The summed E-state index contributed by atoms with van der Waals surface area (Å²) in [6, 6.07) is 33.0. The normalized spacial score (nSPS) is 14.5. The number of ether oxygens (including phenoxy) is 1. The monoisotopic (exact) mass is 684 g/mol. The maximum absolute atomic E-state index is 13.7. The minimum atomic E-state index is -1.04. The number of aromatic nitrogens is 1. The van der Waals surface area contributed by atoms with Crippen molar-refractivity contribution in [3.05, 3.63) is 154 Å². The molecule has 1 aliphatic rings. The van der Waals surface area contributed by atoms with E-state index in [1.807, 2.05) is 124 Å². The van der Waals surface area contributed by atoms with Gasteiger partial charge in [0.05, 0.1) is 30.2 Å². The largest absolute Gasteiger partial charge is 0.489 e. The third-order valence-electron chi connectivity index (χ3n) is 9.44. The lowest BCUT2D eigenvalue weighted by atomic mass is 9.94. The third-order valence-corrected chi connectivity index (χ3v) is 9.44. The maximum atomic E-state index is 13.7. The fourth-order valence-electron chi connectivity index (χ4n) is 6.92. The van der Waals surface area contributed by atoms with Crippen molar-refractivity contribution < 1.29 is 28.4 Å². The number of carbonyl (C=O) groups is 2. The molecule has 0 aliphatic carbocycles. The number of amides is 2. The molecule has 2 amide bonds. The van der Waals surface area contributed by atoms with E-state index in [1.165, 1.54) is 0 Å². The van der Waals surface area contributed by atoms with Crippen molar-refractivity contribution in [1.29, 1.82) is 0 Å². The highest BCUT2D eigenvalue weighted by atomic mass is 16.5. The maximum Gasteiger partial charge on any atom is 0.404 e. The molecule has 2 atom stereocenters. The Morgan fingerprint density at radius 3 is 2.35 bits per heavy atom. The van der Waals surface area contributed by atoms with Crippen molar-refractivity contribution in [3.8, 4) is 5.75 Å². The minimum absolute atomic E-state index is 0.109. The molecule has 6 aromatic rings. The number of furan rings is 1. The van der Waals surface area contributed by atoms with E-state index in [4.69, 9.17) is 13.7 Å². The summed E-state index contributed by atoms with van der Waals surface area (Å²) in [6.07, 6.45) is -0.861. The number of nitrogens with one attached hydrogen (secondary N) is 2. The molecule has 51 heavy (non-hydrogen) atoms. The van der Waals surface area contributed by atoms with Gasteiger partial charge in [-0.1, -0.05) is 78.0 Å². The van der Waals surface area contributed by atoms with Crippen LogP contribution in [0.2, 0.25) is 0 Å². The topological polar surface area (TPSA) is 130 Å². The van der Waals surface area contributed by atoms with E-state index in [1.54, 1.807) is 0 Å². The molecule has 0 saturated carbocycles. The summed E-state index contributed by atoms with van der Waals surface area (Å²) in [5, 5.41) is 20.1. The zero-order valence-electron chi connectivity index (χ0n) is 28.8. The second-order valence-corrected chi connectivity index (χ2v) is 13.1. The number of carbonyl (C=O) groups excluding carboxylic acids is 1. The fourth-order valence-corrected chi connectivity index (χ4v) is 6.92. The highest BCUT2D eigenvalue weighted by Gasteiger charge is 2.39. The van der Waals surface area contributed by atoms with Gasteiger partial charge in [0.25, 0.3) is 0 Å². The summed E-state index contributed by atoms with van der Waals surface area (Å²) in [4.78, 5) is 27.0. The lowest BCUT2D eigenvalue weighted by molar-refractivity contribution is -0.120. The number of carboxylic acid groups (broad SMARTS) is 1. The lowest BCUT2D eigenvalue weighted by Gasteiger charge is -2.43. The minimum Gasteiger partial charge on any atom is -0.489 e. The number of nitrogens with zero attached hydrogens (tertiary/aromatic N) is 2. The van der Waals surface area contributed by atoms with Gasteiger partial charge in [0.2, 0.25) is 5.91 Å². The Hall–Kier alpha value is -5.87. The molecule has 0 bridgehead atoms. The number of fused-ring (bicyclic) bond motifs is 1. The number of hydrogen-bond donors (Lipinski definition) is 3. The van der Waals surface area contributed by atoms with Crippen LogP contribution in [0.3, 0.4) is 0 Å². The Morgan fingerprint density at radius 2 is 1.67 bits per heavy atom. The Kier molecular flexibility index (Phi) is 9.59. The molecule has 2 aromatic heterocycles. The highest BCUT2D eigenvalue weighted by molar-refractivity contribution is 5.83. The Balaban J connectivity index is 1.09. The van der Waals surface area contributed by atoms with Crippen LogP contribution in [0, 0.1) is 20.8 Å². The molecule has 3 N–H and O–H groups in total. The molecule has 3 heterocycles. The summed E-state index contributed by atoms with van der Waals surface area (Å²) in [5.41, 5.74) is 7.29. The summed E-state index contributed by atoms with van der Waals surface area (Å²) in [7, 11) is 0. The van der Waals surface area contributed by atoms with Gasteiger partial charge in [0.1, 0.15) is 29.5 Å². The SMILES string of the molecule is Cc1cc(OCc2ccccc2)ccc1C(NC(=O)Cc1ccc2oc(C(c3c(C)noc3C)N3CC(NC(=O)O)C3)cc2c1)c1ccccc1. The van der Waals surface area contributed by atoms with Gasteiger partial charge in [-0.2, -0.15) is 0 Å². The molecule has 10 nitrogen and oxygen atoms in total. The molecule has 7 rings (SSSR count). The second kappa shape index (κ2) is 14.5. The zero-order valence-corrected chi connectivity index (χ0v) is 28.8. The fraction of sp³-hybridized carbons (Fsp3) is 0.244. The molecule has 1 fully saturated rings. The van der Waals surface area contributed by atoms with Gasteiger partial charge in [0.15, 0.2) is 0 Å². The average molecular weight is 685 g/mol. The van der Waals surface area contributed by atoms with Gasteiger partial charge in [-0.3, -0.25) is 9.69 Å². The molecular formula is C41H40N4O6. The second-order valence-electron chi connectivity index (χ2n) is 13.1. The molecule has 260 valence electrons. The number of aryl methyl sites for hydroxylation is 3. The molecule has 4 aromatic carbocycles. The van der Waals surface area contributed by atoms with Crippen LogP contribution in [0.4, 0.5) is 4.79 Å². The molecule has 1 saturated heterocycles. The molecule has 10 heteroatoms. The van der Waals surface area contributed by atoms with E-state index in [9.17, 15) is 14.7 Å². The smallest absolute Gasteiger partial charge is 0.404 e. The number of likely N-dealkylation sites (tertiary alicyclic amines) is 1. The van der Waals surface area contributed by atoms with Crippen molar-refractivity contribution in [2.24, 2.45) is 0 Å². The van der Waals surface area contributed by atoms with E-state index in [0.29, 0.717) is 36.8 Å². The van der Waals surface area contributed by atoms with E-state index in [0.717, 1.165) is 50.2 Å². The molecule has 2 unspecified atom stereocenters. The van der Waals surface area contributed by atoms with Gasteiger partial charge >= 0.3 is 6.09 Å². The van der Waals surface area contributed by atoms with E-state index < -0.39 is 6.09 Å². The van der Waals surface area contributed by atoms with Crippen LogP contribution in [0.25, 0.3) is 11.0 Å². The van der Waals surface area contributed by atoms with Crippen molar-refractivity contribution in [3.63, 3.8) is 0 Å². The van der Waals surface area contributed by atoms with Crippen LogP contribution in [-0.2, 0) is 17.8 Å². The van der Waals surface area contributed by atoms with E-state index in [2.05, 4.69) is 20.7 Å². The first-order valence-electron chi connectivity index (χ1n) is 17.0. The highest BCUT2D eigenvalue weighted by Crippen LogP contribution is 2.38. The first-order valence-corrected chi connectivity index (χ1v) is 17.0. The predicted octanol–water partition coefficient (Wildman–Crippen LogP) is 7.41. The van der Waals surface area contributed by atoms with Crippen LogP contribution < -0.4 is 15.4 Å². The lowest BCUT2D eigenvalue weighted by Crippen LogP contribution is -2.60. The Bertz CT molecular complexity index is 2130. The summed E-state index contributed by atoms with van der Waals surface area (Å²) in [5.74, 6) is 2.04.